The molecule has 22 heavy (non-hydrogen) atoms. The molecule has 0 spiro atoms. The van der Waals surface area contributed by atoms with Crippen molar-refractivity contribution in [2.24, 2.45) is 0 Å². The smallest absolute Gasteiger partial charge is 0.248 e. The number of fused-ring (bicyclic) bond motifs is 2. The molecule has 1 nitrogen and oxygen atoms in total. The molecule has 0 saturated carbocycles. The molecule has 2 atom stereocenters. The first-order valence-corrected chi connectivity index (χ1v) is 10.0. The molecule has 0 fully saturated rings. The summed E-state index contributed by atoms with van der Waals surface area (Å²) in [6, 6.07) is 17.3. The van der Waals surface area contributed by atoms with Crippen molar-refractivity contribution in [1.82, 2.24) is 0 Å². The van der Waals surface area contributed by atoms with E-state index >= 15 is 0 Å². The van der Waals surface area contributed by atoms with Gasteiger partial charge in [0.15, 0.2) is 0 Å². The van der Waals surface area contributed by atoms with Gasteiger partial charge < -0.3 is 4.43 Å². The molecule has 0 N–H and O–H groups in total. The Morgan fingerprint density at radius 3 is 2.05 bits per heavy atom. The van der Waals surface area contributed by atoms with Crippen molar-refractivity contribution in [3.63, 3.8) is 0 Å². The Bertz CT molecular complexity index is 741. The highest BCUT2D eigenvalue weighted by Gasteiger charge is 2.47. The molecule has 0 saturated heterocycles. The van der Waals surface area contributed by atoms with Crippen LogP contribution in [0.5, 0.6) is 0 Å². The van der Waals surface area contributed by atoms with Crippen LogP contribution in [0.4, 0.5) is 0 Å². The molecule has 2 aliphatic carbocycles. The third-order valence-electron chi connectivity index (χ3n) is 5.19. The van der Waals surface area contributed by atoms with Crippen LogP contribution in [0.1, 0.15) is 33.9 Å². The predicted molar refractivity (Wildman–Crippen MR) is 93.0 cm³/mol. The number of hydrogen-bond donors (Lipinski definition) is 0. The molecule has 0 bridgehead atoms. The second-order valence-electron chi connectivity index (χ2n) is 6.23. The van der Waals surface area contributed by atoms with Crippen molar-refractivity contribution in [2.45, 2.75) is 24.5 Å². The maximum absolute atomic E-state index is 6.66. The Labute approximate surface area is 133 Å². The average molecular weight is 304 g/mol. The van der Waals surface area contributed by atoms with Crippen LogP contribution in [0.3, 0.4) is 0 Å². The van der Waals surface area contributed by atoms with E-state index in [9.17, 15) is 0 Å². The summed E-state index contributed by atoms with van der Waals surface area (Å²) in [5.74, 6) is 0. The highest BCUT2D eigenvalue weighted by Crippen LogP contribution is 2.47. The molecular weight excluding hydrogens is 284 g/mol. The molecule has 2 aromatic carbocycles. The molecule has 110 valence electrons. The lowest BCUT2D eigenvalue weighted by atomic mass is 9.86. The molecular formula is C20H20OSi. The van der Waals surface area contributed by atoms with Gasteiger partial charge in [-0.25, -0.2) is 0 Å². The number of benzene rings is 2. The molecule has 2 heteroatoms. The maximum Gasteiger partial charge on any atom is 0.248 e. The van der Waals surface area contributed by atoms with E-state index < -0.39 is 8.32 Å². The van der Waals surface area contributed by atoms with Crippen LogP contribution in [-0.2, 0) is 17.3 Å². The Kier molecular flexibility index (Phi) is 3.17. The summed E-state index contributed by atoms with van der Waals surface area (Å²) >= 11 is 0. The lowest BCUT2D eigenvalue weighted by Crippen LogP contribution is -2.49. The molecule has 0 aliphatic heterocycles. The SMILES string of the molecule is C=C[Si](C=C)(OC1Cc2ccccc21)C1Cc2ccccc21. The Morgan fingerprint density at radius 1 is 0.864 bits per heavy atom. The van der Waals surface area contributed by atoms with Crippen molar-refractivity contribution in [3.8, 4) is 0 Å². The molecule has 2 unspecified atom stereocenters. The van der Waals surface area contributed by atoms with Crippen LogP contribution in [0.25, 0.3) is 0 Å². The summed E-state index contributed by atoms with van der Waals surface area (Å²) in [4.78, 5) is 0. The standard InChI is InChI=1S/C20H20OSi/c1-3-22(4-2,20-14-16-10-6-8-12-18(16)20)21-19-13-15-9-5-7-11-17(15)19/h3-12,19-20H,1-2,13-14H2. The Morgan fingerprint density at radius 2 is 1.45 bits per heavy atom. The van der Waals surface area contributed by atoms with Crippen LogP contribution >= 0.6 is 0 Å². The minimum atomic E-state index is -2.18. The highest BCUT2D eigenvalue weighted by atomic mass is 28.4. The number of hydrogen-bond acceptors (Lipinski definition) is 1. The van der Waals surface area contributed by atoms with E-state index in [1.165, 1.54) is 22.3 Å². The van der Waals surface area contributed by atoms with E-state index in [0.29, 0.717) is 5.54 Å². The van der Waals surface area contributed by atoms with Crippen molar-refractivity contribution < 1.29 is 4.43 Å². The van der Waals surface area contributed by atoms with Crippen molar-refractivity contribution in [3.05, 3.63) is 95.3 Å². The van der Waals surface area contributed by atoms with Crippen LogP contribution < -0.4 is 0 Å². The van der Waals surface area contributed by atoms with Gasteiger partial charge in [-0.15, -0.1) is 13.2 Å². The lowest BCUT2D eigenvalue weighted by molar-refractivity contribution is 0.170. The summed E-state index contributed by atoms with van der Waals surface area (Å²) in [6.45, 7) is 8.23. The van der Waals surface area contributed by atoms with Crippen molar-refractivity contribution in [2.75, 3.05) is 0 Å². The van der Waals surface area contributed by atoms with Gasteiger partial charge in [0.1, 0.15) is 0 Å². The van der Waals surface area contributed by atoms with Crippen LogP contribution in [0.2, 0.25) is 0 Å². The van der Waals surface area contributed by atoms with E-state index in [0.717, 1.165) is 12.8 Å². The van der Waals surface area contributed by atoms with Gasteiger partial charge in [-0.1, -0.05) is 59.9 Å². The van der Waals surface area contributed by atoms with E-state index in [4.69, 9.17) is 4.43 Å². The predicted octanol–water partition coefficient (Wildman–Crippen LogP) is 4.58. The fourth-order valence-electron chi connectivity index (χ4n) is 3.77. The molecule has 0 heterocycles. The molecule has 0 aromatic heterocycles. The largest absolute Gasteiger partial charge is 0.401 e. The summed E-state index contributed by atoms with van der Waals surface area (Å²) in [6.07, 6.45) is 2.32. The van der Waals surface area contributed by atoms with Gasteiger partial charge in [0, 0.05) is 12.0 Å². The van der Waals surface area contributed by atoms with Gasteiger partial charge in [0.2, 0.25) is 8.32 Å². The zero-order valence-corrected chi connectivity index (χ0v) is 13.7. The molecule has 4 rings (SSSR count). The van der Waals surface area contributed by atoms with E-state index in [-0.39, 0.29) is 6.10 Å². The summed E-state index contributed by atoms with van der Waals surface area (Å²) in [5.41, 5.74) is 10.2. The average Bonchev–Trinajstić information content (AvgIpc) is 2.52. The zero-order valence-electron chi connectivity index (χ0n) is 12.7. The molecule has 2 aliphatic rings. The summed E-state index contributed by atoms with van der Waals surface area (Å²) < 4.78 is 6.66. The van der Waals surface area contributed by atoms with Crippen molar-refractivity contribution in [1.29, 1.82) is 0 Å². The first-order valence-electron chi connectivity index (χ1n) is 7.88. The third kappa shape index (κ3) is 1.88. The van der Waals surface area contributed by atoms with Gasteiger partial charge in [0.25, 0.3) is 0 Å². The monoisotopic (exact) mass is 304 g/mol. The Balaban J connectivity index is 1.63. The van der Waals surface area contributed by atoms with Gasteiger partial charge in [-0.05, 0) is 28.7 Å². The summed E-state index contributed by atoms with van der Waals surface area (Å²) in [7, 11) is -2.18. The second kappa shape index (κ2) is 5.08. The quantitative estimate of drug-likeness (QED) is 0.735. The van der Waals surface area contributed by atoms with Crippen LogP contribution in [0.15, 0.2) is 73.1 Å². The van der Waals surface area contributed by atoms with Gasteiger partial charge >= 0.3 is 0 Å². The normalized spacial score (nSPS) is 21.8. The van der Waals surface area contributed by atoms with E-state index in [1.54, 1.807) is 0 Å². The fraction of sp³-hybridized carbons (Fsp3) is 0.200. The lowest BCUT2D eigenvalue weighted by Gasteiger charge is -2.45. The zero-order chi connectivity index (χ0) is 15.2. The topological polar surface area (TPSA) is 9.23 Å². The highest BCUT2D eigenvalue weighted by molar-refractivity contribution is 6.84. The Hall–Kier alpha value is -1.90. The van der Waals surface area contributed by atoms with Gasteiger partial charge in [-0.2, -0.15) is 0 Å². The van der Waals surface area contributed by atoms with Crippen molar-refractivity contribution >= 4 is 8.32 Å². The van der Waals surface area contributed by atoms with E-state index in [2.05, 4.69) is 73.1 Å². The van der Waals surface area contributed by atoms with Crippen LogP contribution in [-0.4, -0.2) is 8.32 Å². The maximum atomic E-state index is 6.66. The molecule has 2 aromatic rings. The van der Waals surface area contributed by atoms with Gasteiger partial charge in [0.05, 0.1) is 6.10 Å². The third-order valence-corrected chi connectivity index (χ3v) is 8.76. The molecule has 0 amide bonds. The minimum Gasteiger partial charge on any atom is -0.401 e. The molecule has 0 radical (unpaired) electrons. The van der Waals surface area contributed by atoms with Gasteiger partial charge in [-0.3, -0.25) is 0 Å². The number of rotatable bonds is 5. The minimum absolute atomic E-state index is 0.214. The first kappa shape index (κ1) is 13.7. The van der Waals surface area contributed by atoms with Crippen LogP contribution in [0, 0.1) is 0 Å². The first-order chi connectivity index (χ1) is 10.8. The second-order valence-corrected chi connectivity index (χ2v) is 9.68. The summed E-state index contributed by atoms with van der Waals surface area (Å²) in [5, 5.41) is 0. The fourth-order valence-corrected chi connectivity index (χ4v) is 6.87. The van der Waals surface area contributed by atoms with E-state index in [1.807, 2.05) is 0 Å².